The molecule has 1 rings (SSSR count). The molecular formula is C14H19N. The Morgan fingerprint density at radius 3 is 2.13 bits per heavy atom. The van der Waals surface area contributed by atoms with Gasteiger partial charge < -0.3 is 0 Å². The minimum Gasteiger partial charge on any atom is -0.192 e. The lowest BCUT2D eigenvalue weighted by Gasteiger charge is -2.13. The number of benzene rings is 1. The monoisotopic (exact) mass is 201 g/mol. The van der Waals surface area contributed by atoms with Crippen molar-refractivity contribution in [1.29, 1.82) is 5.26 Å². The number of hydrogen-bond donors (Lipinski definition) is 0. The van der Waals surface area contributed by atoms with Gasteiger partial charge in [0.15, 0.2) is 0 Å². The Kier molecular flexibility index (Phi) is 4.37. The number of rotatable bonds is 4. The summed E-state index contributed by atoms with van der Waals surface area (Å²) in [7, 11) is 0. The van der Waals surface area contributed by atoms with Crippen LogP contribution in [0.2, 0.25) is 0 Å². The van der Waals surface area contributed by atoms with E-state index in [4.69, 9.17) is 5.26 Å². The summed E-state index contributed by atoms with van der Waals surface area (Å²) in [6.45, 7) is 6.76. The molecule has 0 heterocycles. The predicted molar refractivity (Wildman–Crippen MR) is 63.6 cm³/mol. The van der Waals surface area contributed by atoms with Gasteiger partial charge >= 0.3 is 0 Å². The normalized spacial score (nSPS) is 12.5. The molecule has 0 aliphatic rings. The van der Waals surface area contributed by atoms with Crippen molar-refractivity contribution in [3.8, 4) is 6.07 Å². The van der Waals surface area contributed by atoms with E-state index in [-0.39, 0.29) is 0 Å². The van der Waals surface area contributed by atoms with Crippen molar-refractivity contribution in [2.45, 2.75) is 39.5 Å². The molecule has 0 fully saturated rings. The molecule has 0 saturated heterocycles. The van der Waals surface area contributed by atoms with Crippen LogP contribution in [0.25, 0.3) is 0 Å². The molecule has 1 aromatic rings. The molecule has 1 aromatic carbocycles. The smallest absolute Gasteiger partial charge is 0.0991 e. The topological polar surface area (TPSA) is 23.8 Å². The standard InChI is InChI=1S/C14H19N/c1-11(2)4-5-12(3)14-8-6-13(10-15)7-9-14/h6-9,11-12H,4-5H2,1-3H3. The summed E-state index contributed by atoms with van der Waals surface area (Å²) in [4.78, 5) is 0. The van der Waals surface area contributed by atoms with Crippen molar-refractivity contribution in [3.63, 3.8) is 0 Å². The van der Waals surface area contributed by atoms with Crippen molar-refractivity contribution in [3.05, 3.63) is 35.4 Å². The van der Waals surface area contributed by atoms with Crippen LogP contribution < -0.4 is 0 Å². The molecule has 0 N–H and O–H groups in total. The van der Waals surface area contributed by atoms with Crippen molar-refractivity contribution in [1.82, 2.24) is 0 Å². The van der Waals surface area contributed by atoms with E-state index in [0.717, 1.165) is 11.5 Å². The molecule has 0 radical (unpaired) electrons. The maximum Gasteiger partial charge on any atom is 0.0991 e. The Bertz CT molecular complexity index is 329. The fourth-order valence-electron chi connectivity index (χ4n) is 1.64. The highest BCUT2D eigenvalue weighted by atomic mass is 14.2. The highest BCUT2D eigenvalue weighted by Crippen LogP contribution is 2.22. The quantitative estimate of drug-likeness (QED) is 0.719. The third-order valence-electron chi connectivity index (χ3n) is 2.79. The number of nitrogens with zero attached hydrogens (tertiary/aromatic N) is 1. The average molecular weight is 201 g/mol. The lowest BCUT2D eigenvalue weighted by molar-refractivity contribution is 0.517. The fourth-order valence-corrected chi connectivity index (χ4v) is 1.64. The Labute approximate surface area is 92.7 Å². The van der Waals surface area contributed by atoms with E-state index in [1.165, 1.54) is 18.4 Å². The molecule has 1 nitrogen and oxygen atoms in total. The summed E-state index contributed by atoms with van der Waals surface area (Å²) in [5, 5.41) is 8.69. The zero-order valence-corrected chi connectivity index (χ0v) is 9.83. The summed E-state index contributed by atoms with van der Waals surface area (Å²) >= 11 is 0. The zero-order chi connectivity index (χ0) is 11.3. The second-order valence-corrected chi connectivity index (χ2v) is 4.61. The second kappa shape index (κ2) is 5.56. The first-order valence-corrected chi connectivity index (χ1v) is 5.63. The van der Waals surface area contributed by atoms with E-state index in [1.807, 2.05) is 12.1 Å². The van der Waals surface area contributed by atoms with Crippen molar-refractivity contribution in [2.24, 2.45) is 5.92 Å². The van der Waals surface area contributed by atoms with Crippen LogP contribution in [0.4, 0.5) is 0 Å². The second-order valence-electron chi connectivity index (χ2n) is 4.61. The van der Waals surface area contributed by atoms with E-state index < -0.39 is 0 Å². The van der Waals surface area contributed by atoms with Crippen molar-refractivity contribution >= 4 is 0 Å². The summed E-state index contributed by atoms with van der Waals surface area (Å²) in [6.07, 6.45) is 2.49. The highest BCUT2D eigenvalue weighted by molar-refractivity contribution is 5.32. The molecule has 0 amide bonds. The van der Waals surface area contributed by atoms with Gasteiger partial charge in [-0.05, 0) is 36.0 Å². The van der Waals surface area contributed by atoms with E-state index in [9.17, 15) is 0 Å². The van der Waals surface area contributed by atoms with Gasteiger partial charge in [-0.15, -0.1) is 0 Å². The number of nitriles is 1. The molecule has 1 heteroatoms. The minimum absolute atomic E-state index is 0.597. The fraction of sp³-hybridized carbons (Fsp3) is 0.500. The summed E-state index contributed by atoms with van der Waals surface area (Å²) in [5.41, 5.74) is 2.09. The van der Waals surface area contributed by atoms with Gasteiger partial charge in [-0.25, -0.2) is 0 Å². The van der Waals surface area contributed by atoms with E-state index in [1.54, 1.807) is 0 Å². The first-order chi connectivity index (χ1) is 7.13. The highest BCUT2D eigenvalue weighted by Gasteiger charge is 2.06. The molecule has 15 heavy (non-hydrogen) atoms. The zero-order valence-electron chi connectivity index (χ0n) is 9.83. The van der Waals surface area contributed by atoms with Crippen molar-refractivity contribution < 1.29 is 0 Å². The van der Waals surface area contributed by atoms with Gasteiger partial charge in [-0.1, -0.05) is 39.3 Å². The minimum atomic E-state index is 0.597. The lowest BCUT2D eigenvalue weighted by Crippen LogP contribution is -1.96. The average Bonchev–Trinajstić information content (AvgIpc) is 2.26. The SMILES string of the molecule is CC(C)CCC(C)c1ccc(C#N)cc1. The molecule has 0 aromatic heterocycles. The Morgan fingerprint density at radius 1 is 1.07 bits per heavy atom. The molecule has 1 unspecified atom stereocenters. The van der Waals surface area contributed by atoms with Gasteiger partial charge in [0.25, 0.3) is 0 Å². The maximum absolute atomic E-state index is 8.69. The molecule has 1 atom stereocenters. The summed E-state index contributed by atoms with van der Waals surface area (Å²) in [5.74, 6) is 1.37. The van der Waals surface area contributed by atoms with Crippen LogP contribution >= 0.6 is 0 Å². The molecule has 0 aliphatic heterocycles. The third-order valence-corrected chi connectivity index (χ3v) is 2.79. The first-order valence-electron chi connectivity index (χ1n) is 5.63. The van der Waals surface area contributed by atoms with Crippen LogP contribution in [-0.2, 0) is 0 Å². The van der Waals surface area contributed by atoms with Gasteiger partial charge in [0, 0.05) is 0 Å². The molecule has 0 aliphatic carbocycles. The summed E-state index contributed by atoms with van der Waals surface area (Å²) < 4.78 is 0. The Morgan fingerprint density at radius 2 is 1.67 bits per heavy atom. The van der Waals surface area contributed by atoms with Gasteiger partial charge in [-0.3, -0.25) is 0 Å². The van der Waals surface area contributed by atoms with Gasteiger partial charge in [0.1, 0.15) is 0 Å². The van der Waals surface area contributed by atoms with Gasteiger partial charge in [0.2, 0.25) is 0 Å². The van der Waals surface area contributed by atoms with Crippen molar-refractivity contribution in [2.75, 3.05) is 0 Å². The van der Waals surface area contributed by atoms with Gasteiger partial charge in [0.05, 0.1) is 11.6 Å². The van der Waals surface area contributed by atoms with E-state index >= 15 is 0 Å². The Balaban J connectivity index is 2.58. The first kappa shape index (κ1) is 11.8. The lowest BCUT2D eigenvalue weighted by atomic mass is 9.92. The van der Waals surface area contributed by atoms with Crippen LogP contribution in [-0.4, -0.2) is 0 Å². The molecular weight excluding hydrogens is 182 g/mol. The van der Waals surface area contributed by atoms with Crippen LogP contribution in [0, 0.1) is 17.2 Å². The van der Waals surface area contributed by atoms with Crippen LogP contribution in [0.3, 0.4) is 0 Å². The van der Waals surface area contributed by atoms with Crippen LogP contribution in [0.5, 0.6) is 0 Å². The maximum atomic E-state index is 8.69. The van der Waals surface area contributed by atoms with Gasteiger partial charge in [-0.2, -0.15) is 5.26 Å². The predicted octanol–water partition coefficient (Wildman–Crippen LogP) is 4.10. The molecule has 0 spiro atoms. The molecule has 0 bridgehead atoms. The number of hydrogen-bond acceptors (Lipinski definition) is 1. The molecule has 0 saturated carbocycles. The van der Waals surface area contributed by atoms with Crippen LogP contribution in [0.1, 0.15) is 50.7 Å². The van der Waals surface area contributed by atoms with E-state index in [0.29, 0.717) is 5.92 Å². The van der Waals surface area contributed by atoms with Crippen LogP contribution in [0.15, 0.2) is 24.3 Å². The molecule has 80 valence electrons. The Hall–Kier alpha value is -1.29. The largest absolute Gasteiger partial charge is 0.192 e. The van der Waals surface area contributed by atoms with E-state index in [2.05, 4.69) is 39.0 Å². The third kappa shape index (κ3) is 3.75. The summed E-state index contributed by atoms with van der Waals surface area (Å²) in [6, 6.07) is 10.1.